The summed E-state index contributed by atoms with van der Waals surface area (Å²) in [6.07, 6.45) is 4.59. The van der Waals surface area contributed by atoms with Crippen LogP contribution in [-0.4, -0.2) is 60.5 Å². The summed E-state index contributed by atoms with van der Waals surface area (Å²) in [4.78, 5) is 41.8. The predicted molar refractivity (Wildman–Crippen MR) is 154 cm³/mol. The lowest BCUT2D eigenvalue weighted by Gasteiger charge is -2.33. The molecule has 0 radical (unpaired) electrons. The summed E-state index contributed by atoms with van der Waals surface area (Å²) in [5, 5.41) is 13.5. The third kappa shape index (κ3) is 6.50. The van der Waals surface area contributed by atoms with E-state index in [1.807, 2.05) is 41.3 Å². The predicted octanol–water partition coefficient (Wildman–Crippen LogP) is 5.68. The minimum atomic E-state index is -0.749. The fourth-order valence-corrected chi connectivity index (χ4v) is 7.28. The Hall–Kier alpha value is -2.42. The van der Waals surface area contributed by atoms with Crippen LogP contribution in [0.15, 0.2) is 46.2 Å². The van der Waals surface area contributed by atoms with E-state index in [1.165, 1.54) is 11.8 Å². The van der Waals surface area contributed by atoms with Crippen molar-refractivity contribution >= 4 is 58.4 Å². The molecule has 3 fully saturated rings. The quantitative estimate of drug-likeness (QED) is 0.347. The number of piperidine rings is 1. The number of nitrogens with zero attached hydrogens (tertiary/aromatic N) is 2. The van der Waals surface area contributed by atoms with Gasteiger partial charge in [0.15, 0.2) is 0 Å². The molecule has 2 N–H and O–H groups in total. The van der Waals surface area contributed by atoms with Gasteiger partial charge in [-0.2, -0.15) is 0 Å². The molecule has 1 saturated carbocycles. The van der Waals surface area contributed by atoms with Gasteiger partial charge in [-0.05, 0) is 61.8 Å². The highest BCUT2D eigenvalue weighted by molar-refractivity contribution is 7.99. The Kier molecular flexibility index (Phi) is 8.94. The number of halogens is 2. The molecule has 2 aliphatic heterocycles. The van der Waals surface area contributed by atoms with Gasteiger partial charge in [0.25, 0.3) is 0 Å². The van der Waals surface area contributed by atoms with E-state index >= 15 is 0 Å². The number of nitrogens with one attached hydrogen (secondary N) is 1. The standard InChI is InChI=1S/C29H33Cl2N3O4S/c30-26-19(20-16-21(20)28(36)32-12-5-15-33-13-4-9-25(33)35)10-11-24(27(26)31)39-23-8-2-1-7-22(23)34-14-3-6-18(17-34)29(37)38/h1-2,7-8,10-11,18,20-21H,3-6,9,12-17H2,(H,32,36)(H,37,38)/t18?,20-,21+/m0/s1. The first-order valence-corrected chi connectivity index (χ1v) is 15.2. The molecule has 1 unspecified atom stereocenters. The van der Waals surface area contributed by atoms with Gasteiger partial charge in [0.1, 0.15) is 0 Å². The van der Waals surface area contributed by atoms with Crippen LogP contribution in [0.5, 0.6) is 0 Å². The van der Waals surface area contributed by atoms with E-state index in [0.29, 0.717) is 42.5 Å². The summed E-state index contributed by atoms with van der Waals surface area (Å²) < 4.78 is 0. The van der Waals surface area contributed by atoms with E-state index in [-0.39, 0.29) is 29.6 Å². The normalized spacial score (nSPS) is 22.7. The van der Waals surface area contributed by atoms with Crippen LogP contribution in [0.3, 0.4) is 0 Å². The van der Waals surface area contributed by atoms with Crippen molar-refractivity contribution in [2.24, 2.45) is 11.8 Å². The van der Waals surface area contributed by atoms with E-state index in [1.54, 1.807) is 0 Å². The number of carbonyl (C=O) groups excluding carboxylic acids is 2. The molecule has 7 nitrogen and oxygen atoms in total. The van der Waals surface area contributed by atoms with Crippen molar-refractivity contribution in [2.45, 2.75) is 54.2 Å². The minimum absolute atomic E-state index is 0.0218. The van der Waals surface area contributed by atoms with Crippen LogP contribution in [0.25, 0.3) is 0 Å². The number of hydrogen-bond donors (Lipinski definition) is 2. The van der Waals surface area contributed by atoms with Gasteiger partial charge >= 0.3 is 5.97 Å². The molecule has 5 rings (SSSR count). The molecule has 0 aromatic heterocycles. The summed E-state index contributed by atoms with van der Waals surface area (Å²) in [6, 6.07) is 11.9. The third-order valence-electron chi connectivity index (χ3n) is 7.88. The fourth-order valence-electron chi connectivity index (χ4n) is 5.61. The average molecular weight is 591 g/mol. The lowest BCUT2D eigenvalue weighted by Crippen LogP contribution is -2.38. The number of aliphatic carboxylic acids is 1. The zero-order valence-corrected chi connectivity index (χ0v) is 24.0. The van der Waals surface area contributed by atoms with E-state index < -0.39 is 5.97 Å². The molecule has 2 heterocycles. The van der Waals surface area contributed by atoms with Gasteiger partial charge in [-0.1, -0.05) is 53.2 Å². The van der Waals surface area contributed by atoms with Crippen LogP contribution < -0.4 is 10.2 Å². The molecule has 3 atom stereocenters. The van der Waals surface area contributed by atoms with Crippen LogP contribution in [0, 0.1) is 11.8 Å². The Labute approximate surface area is 243 Å². The molecular weight excluding hydrogens is 557 g/mol. The first-order chi connectivity index (χ1) is 18.8. The topological polar surface area (TPSA) is 89.9 Å². The van der Waals surface area contributed by atoms with Crippen molar-refractivity contribution in [2.75, 3.05) is 37.6 Å². The summed E-state index contributed by atoms with van der Waals surface area (Å²) >= 11 is 15.0. The van der Waals surface area contributed by atoms with Gasteiger partial charge in [0.2, 0.25) is 11.8 Å². The maximum absolute atomic E-state index is 12.7. The Morgan fingerprint density at radius 2 is 1.87 bits per heavy atom. The van der Waals surface area contributed by atoms with Gasteiger partial charge in [-0.3, -0.25) is 14.4 Å². The highest BCUT2D eigenvalue weighted by atomic mass is 35.5. The molecular formula is C29H33Cl2N3O4S. The lowest BCUT2D eigenvalue weighted by atomic mass is 9.98. The first kappa shape index (κ1) is 28.1. The van der Waals surface area contributed by atoms with Gasteiger partial charge in [-0.15, -0.1) is 0 Å². The second-order valence-corrected chi connectivity index (χ2v) is 12.4. The van der Waals surface area contributed by atoms with Crippen LogP contribution in [0.1, 0.15) is 50.0 Å². The Bertz CT molecular complexity index is 1260. The zero-order valence-electron chi connectivity index (χ0n) is 21.7. The van der Waals surface area contributed by atoms with Crippen LogP contribution in [-0.2, 0) is 14.4 Å². The monoisotopic (exact) mass is 589 g/mol. The minimum Gasteiger partial charge on any atom is -0.481 e. The highest BCUT2D eigenvalue weighted by Gasteiger charge is 2.45. The van der Waals surface area contributed by atoms with Crippen molar-refractivity contribution in [1.29, 1.82) is 0 Å². The molecule has 0 spiro atoms. The van der Waals surface area contributed by atoms with E-state index in [0.717, 1.165) is 59.8 Å². The van der Waals surface area contributed by atoms with Crippen molar-refractivity contribution in [1.82, 2.24) is 10.2 Å². The molecule has 2 aromatic rings. The molecule has 208 valence electrons. The van der Waals surface area contributed by atoms with Crippen LogP contribution >= 0.6 is 35.0 Å². The maximum atomic E-state index is 12.7. The number of para-hydroxylation sites is 1. The SMILES string of the molecule is O=C(O)C1CCCN(c2ccccc2Sc2ccc([C@@H]3C[C@H]3C(=O)NCCCN3CCCC3=O)c(Cl)c2Cl)C1. The van der Waals surface area contributed by atoms with Crippen molar-refractivity contribution in [3.8, 4) is 0 Å². The number of carboxylic acids is 1. The number of anilines is 1. The van der Waals surface area contributed by atoms with Gasteiger partial charge in [0, 0.05) is 54.9 Å². The number of carboxylic acid groups (broad SMARTS) is 1. The summed E-state index contributed by atoms with van der Waals surface area (Å²) in [5.74, 6) is -0.963. The number of hydrogen-bond acceptors (Lipinski definition) is 5. The third-order valence-corrected chi connectivity index (χ3v) is 10.0. The van der Waals surface area contributed by atoms with Crippen molar-refractivity contribution in [3.63, 3.8) is 0 Å². The van der Waals surface area contributed by atoms with E-state index in [2.05, 4.69) is 10.2 Å². The summed E-state index contributed by atoms with van der Waals surface area (Å²) in [5.41, 5.74) is 1.89. The van der Waals surface area contributed by atoms with Gasteiger partial charge < -0.3 is 20.2 Å². The van der Waals surface area contributed by atoms with E-state index in [9.17, 15) is 19.5 Å². The average Bonchev–Trinajstić information content (AvgIpc) is 3.63. The molecule has 2 saturated heterocycles. The number of amides is 2. The summed E-state index contributed by atoms with van der Waals surface area (Å²) in [6.45, 7) is 3.37. The smallest absolute Gasteiger partial charge is 0.308 e. The van der Waals surface area contributed by atoms with Gasteiger partial charge in [-0.25, -0.2) is 0 Å². The Morgan fingerprint density at radius 3 is 2.64 bits per heavy atom. The molecule has 1 aliphatic carbocycles. The van der Waals surface area contributed by atoms with Crippen LogP contribution in [0.4, 0.5) is 5.69 Å². The highest BCUT2D eigenvalue weighted by Crippen LogP contribution is 2.52. The molecule has 10 heteroatoms. The Balaban J connectivity index is 1.19. The number of likely N-dealkylation sites (tertiary alicyclic amines) is 1. The van der Waals surface area contributed by atoms with Crippen molar-refractivity contribution in [3.05, 3.63) is 52.0 Å². The summed E-state index contributed by atoms with van der Waals surface area (Å²) in [7, 11) is 0. The fraction of sp³-hybridized carbons (Fsp3) is 0.483. The lowest BCUT2D eigenvalue weighted by molar-refractivity contribution is -0.142. The first-order valence-electron chi connectivity index (χ1n) is 13.6. The molecule has 3 aliphatic rings. The largest absolute Gasteiger partial charge is 0.481 e. The number of carbonyl (C=O) groups is 3. The molecule has 2 aromatic carbocycles. The van der Waals surface area contributed by atoms with E-state index in [4.69, 9.17) is 23.2 Å². The maximum Gasteiger partial charge on any atom is 0.308 e. The molecule has 2 amide bonds. The van der Waals surface area contributed by atoms with Gasteiger partial charge in [0.05, 0.1) is 21.7 Å². The number of rotatable bonds is 10. The number of benzene rings is 2. The second kappa shape index (κ2) is 12.4. The van der Waals surface area contributed by atoms with Crippen LogP contribution in [0.2, 0.25) is 10.0 Å². The Morgan fingerprint density at radius 1 is 1.05 bits per heavy atom. The second-order valence-electron chi connectivity index (χ2n) is 10.6. The zero-order chi connectivity index (χ0) is 27.5. The molecule has 39 heavy (non-hydrogen) atoms. The van der Waals surface area contributed by atoms with Crippen molar-refractivity contribution < 1.29 is 19.5 Å². The molecule has 0 bridgehead atoms.